The van der Waals surface area contributed by atoms with Gasteiger partial charge in [-0.05, 0) is 37.0 Å². The molecule has 1 N–H and O–H groups in total. The molecule has 0 aliphatic heterocycles. The number of hydrogen-bond acceptors (Lipinski definition) is 3. The first-order chi connectivity index (χ1) is 10.9. The predicted octanol–water partition coefficient (Wildman–Crippen LogP) is 4.67. The average Bonchev–Trinajstić information content (AvgIpc) is 2.54. The van der Waals surface area contributed by atoms with Crippen molar-refractivity contribution in [2.75, 3.05) is 5.32 Å². The first-order valence-electron chi connectivity index (χ1n) is 7.59. The minimum atomic E-state index is -0.473. The van der Waals surface area contributed by atoms with E-state index in [1.807, 2.05) is 24.3 Å². The molecule has 2 aromatic carbocycles. The van der Waals surface area contributed by atoms with Crippen LogP contribution in [0.3, 0.4) is 0 Å². The summed E-state index contributed by atoms with van der Waals surface area (Å²) in [7, 11) is 0. The molecule has 0 aliphatic carbocycles. The van der Waals surface area contributed by atoms with Crippen molar-refractivity contribution in [1.82, 2.24) is 0 Å². The number of nitrogens with zero attached hydrogens (tertiary/aromatic N) is 1. The van der Waals surface area contributed by atoms with Crippen molar-refractivity contribution in [2.45, 2.75) is 33.1 Å². The summed E-state index contributed by atoms with van der Waals surface area (Å²) in [5, 5.41) is 13.9. The second kappa shape index (κ2) is 7.05. The van der Waals surface area contributed by atoms with Crippen LogP contribution in [0.4, 0.5) is 11.4 Å². The molecule has 0 aromatic heterocycles. The molecular formula is C18H20N2O3. The number of amides is 1. The number of nitro benzene ring substituents is 1. The molecule has 0 bridgehead atoms. The van der Waals surface area contributed by atoms with Gasteiger partial charge in [0.25, 0.3) is 11.6 Å². The van der Waals surface area contributed by atoms with E-state index in [0.29, 0.717) is 11.5 Å². The van der Waals surface area contributed by atoms with Gasteiger partial charge in [-0.2, -0.15) is 0 Å². The van der Waals surface area contributed by atoms with Gasteiger partial charge < -0.3 is 5.32 Å². The number of nitrogens with one attached hydrogen (secondary N) is 1. The van der Waals surface area contributed by atoms with E-state index in [4.69, 9.17) is 0 Å². The monoisotopic (exact) mass is 312 g/mol. The second-order valence-corrected chi connectivity index (χ2v) is 5.61. The number of hydrogen-bond donors (Lipinski definition) is 1. The van der Waals surface area contributed by atoms with E-state index in [1.54, 1.807) is 19.1 Å². The summed E-state index contributed by atoms with van der Waals surface area (Å²) in [4.78, 5) is 23.0. The van der Waals surface area contributed by atoms with Gasteiger partial charge in [0.15, 0.2) is 0 Å². The van der Waals surface area contributed by atoms with Crippen LogP contribution in [0.1, 0.15) is 47.7 Å². The van der Waals surface area contributed by atoms with Crippen LogP contribution in [-0.4, -0.2) is 10.8 Å². The van der Waals surface area contributed by atoms with Crippen molar-refractivity contribution in [3.8, 4) is 0 Å². The van der Waals surface area contributed by atoms with Gasteiger partial charge in [-0.1, -0.05) is 38.1 Å². The Hall–Kier alpha value is -2.69. The standard InChI is InChI=1S/C18H20N2O3/c1-4-12(2)15-7-5-6-8-16(15)19-18(21)14-10-9-13(3)17(11-14)20(22)23/h5-12H,4H2,1-3H3,(H,19,21)/t12-/m1/s1. The highest BCUT2D eigenvalue weighted by Gasteiger charge is 2.16. The van der Waals surface area contributed by atoms with Crippen molar-refractivity contribution in [1.29, 1.82) is 0 Å². The molecule has 5 heteroatoms. The Bertz CT molecular complexity index is 741. The molecule has 0 unspecified atom stereocenters. The lowest BCUT2D eigenvalue weighted by Crippen LogP contribution is -2.14. The van der Waals surface area contributed by atoms with E-state index < -0.39 is 4.92 Å². The van der Waals surface area contributed by atoms with Crippen molar-refractivity contribution in [2.24, 2.45) is 0 Å². The van der Waals surface area contributed by atoms with Crippen molar-refractivity contribution < 1.29 is 9.72 Å². The molecule has 2 rings (SSSR count). The van der Waals surface area contributed by atoms with Gasteiger partial charge in [0, 0.05) is 22.9 Å². The normalized spacial score (nSPS) is 11.8. The summed E-state index contributed by atoms with van der Waals surface area (Å²) < 4.78 is 0. The maximum Gasteiger partial charge on any atom is 0.273 e. The summed E-state index contributed by atoms with van der Waals surface area (Å²) in [5.74, 6) is -0.0253. The van der Waals surface area contributed by atoms with Crippen molar-refractivity contribution in [3.05, 3.63) is 69.3 Å². The van der Waals surface area contributed by atoms with Gasteiger partial charge in [0.05, 0.1) is 4.92 Å². The van der Waals surface area contributed by atoms with Crippen LogP contribution in [0.5, 0.6) is 0 Å². The number of rotatable bonds is 5. The molecule has 0 spiro atoms. The maximum atomic E-state index is 12.4. The van der Waals surface area contributed by atoms with Crippen molar-refractivity contribution in [3.63, 3.8) is 0 Å². The van der Waals surface area contributed by atoms with E-state index >= 15 is 0 Å². The highest BCUT2D eigenvalue weighted by molar-refractivity contribution is 6.05. The maximum absolute atomic E-state index is 12.4. The first kappa shape index (κ1) is 16.7. The Morgan fingerprint density at radius 2 is 1.96 bits per heavy atom. The lowest BCUT2D eigenvalue weighted by atomic mass is 9.96. The van der Waals surface area contributed by atoms with Crippen LogP contribution < -0.4 is 5.32 Å². The van der Waals surface area contributed by atoms with Gasteiger partial charge in [0.1, 0.15) is 0 Å². The third-order valence-corrected chi connectivity index (χ3v) is 4.02. The molecule has 2 aromatic rings. The molecule has 1 amide bonds. The van der Waals surface area contributed by atoms with Gasteiger partial charge in [-0.15, -0.1) is 0 Å². The Kier molecular flexibility index (Phi) is 5.11. The van der Waals surface area contributed by atoms with Crippen LogP contribution >= 0.6 is 0 Å². The van der Waals surface area contributed by atoms with Gasteiger partial charge >= 0.3 is 0 Å². The summed E-state index contributed by atoms with van der Waals surface area (Å²) in [6.07, 6.45) is 0.961. The predicted molar refractivity (Wildman–Crippen MR) is 90.9 cm³/mol. The first-order valence-corrected chi connectivity index (χ1v) is 7.59. The topological polar surface area (TPSA) is 72.2 Å². The Balaban J connectivity index is 2.30. The molecule has 5 nitrogen and oxygen atoms in total. The van der Waals surface area contributed by atoms with Crippen LogP contribution in [-0.2, 0) is 0 Å². The smallest absolute Gasteiger partial charge is 0.273 e. The quantitative estimate of drug-likeness (QED) is 0.644. The number of benzene rings is 2. The number of anilines is 1. The molecule has 0 heterocycles. The minimum Gasteiger partial charge on any atom is -0.322 e. The number of para-hydroxylation sites is 1. The zero-order chi connectivity index (χ0) is 17.0. The van der Waals surface area contributed by atoms with Crippen molar-refractivity contribution >= 4 is 17.3 Å². The minimum absolute atomic E-state index is 0.0483. The highest BCUT2D eigenvalue weighted by Crippen LogP contribution is 2.27. The number of carbonyl (C=O) groups excluding carboxylic acids is 1. The van der Waals surface area contributed by atoms with Gasteiger partial charge in [-0.3, -0.25) is 14.9 Å². The Labute approximate surface area is 135 Å². The fraction of sp³-hybridized carbons (Fsp3) is 0.278. The third-order valence-electron chi connectivity index (χ3n) is 4.02. The zero-order valence-corrected chi connectivity index (χ0v) is 13.5. The number of carbonyl (C=O) groups is 1. The van der Waals surface area contributed by atoms with E-state index in [-0.39, 0.29) is 17.2 Å². The molecular weight excluding hydrogens is 292 g/mol. The van der Waals surface area contributed by atoms with Crippen LogP contribution in [0.2, 0.25) is 0 Å². The molecule has 0 radical (unpaired) electrons. The number of nitro groups is 1. The second-order valence-electron chi connectivity index (χ2n) is 5.61. The number of aryl methyl sites for hydroxylation is 1. The Morgan fingerprint density at radius 3 is 2.61 bits per heavy atom. The molecule has 0 saturated carbocycles. The lowest BCUT2D eigenvalue weighted by Gasteiger charge is -2.15. The van der Waals surface area contributed by atoms with Crippen LogP contribution in [0.25, 0.3) is 0 Å². The summed E-state index contributed by atoms with van der Waals surface area (Å²) in [6, 6.07) is 12.1. The molecule has 120 valence electrons. The molecule has 0 fully saturated rings. The van der Waals surface area contributed by atoms with Gasteiger partial charge in [-0.25, -0.2) is 0 Å². The third kappa shape index (κ3) is 3.74. The average molecular weight is 312 g/mol. The van der Waals surface area contributed by atoms with Gasteiger partial charge in [0.2, 0.25) is 0 Å². The lowest BCUT2D eigenvalue weighted by molar-refractivity contribution is -0.385. The largest absolute Gasteiger partial charge is 0.322 e. The highest BCUT2D eigenvalue weighted by atomic mass is 16.6. The molecule has 0 aliphatic rings. The summed E-state index contributed by atoms with van der Waals surface area (Å²) in [5.41, 5.74) is 2.57. The molecule has 23 heavy (non-hydrogen) atoms. The van der Waals surface area contributed by atoms with E-state index in [1.165, 1.54) is 6.07 Å². The summed E-state index contributed by atoms with van der Waals surface area (Å²) >= 11 is 0. The fourth-order valence-corrected chi connectivity index (χ4v) is 2.40. The summed E-state index contributed by atoms with van der Waals surface area (Å²) in [6.45, 7) is 5.84. The molecule has 0 saturated heterocycles. The fourth-order valence-electron chi connectivity index (χ4n) is 2.40. The zero-order valence-electron chi connectivity index (χ0n) is 13.5. The van der Waals surface area contributed by atoms with E-state index in [0.717, 1.165) is 17.7 Å². The Morgan fingerprint density at radius 1 is 1.26 bits per heavy atom. The van der Waals surface area contributed by atoms with Crippen LogP contribution in [0.15, 0.2) is 42.5 Å². The molecule has 1 atom stereocenters. The van der Waals surface area contributed by atoms with Crippen LogP contribution in [0, 0.1) is 17.0 Å². The van der Waals surface area contributed by atoms with E-state index in [9.17, 15) is 14.9 Å². The SMILES string of the molecule is CC[C@@H](C)c1ccccc1NC(=O)c1ccc(C)c([N+](=O)[O-])c1. The van der Waals surface area contributed by atoms with E-state index in [2.05, 4.69) is 19.2 Å².